The van der Waals surface area contributed by atoms with Crippen LogP contribution in [0, 0.1) is 0 Å². The Bertz CT molecular complexity index is 1110. The highest BCUT2D eigenvalue weighted by atomic mass is 35.5. The number of pyridine rings is 1. The maximum atomic E-state index is 13.2. The van der Waals surface area contributed by atoms with E-state index in [1.807, 2.05) is 0 Å². The molecule has 0 radical (unpaired) electrons. The summed E-state index contributed by atoms with van der Waals surface area (Å²) in [5, 5.41) is 0.205. The smallest absolute Gasteiger partial charge is 0.417 e. The van der Waals surface area contributed by atoms with Crippen molar-refractivity contribution in [3.8, 4) is 22.8 Å². The van der Waals surface area contributed by atoms with Gasteiger partial charge in [0.15, 0.2) is 0 Å². The van der Waals surface area contributed by atoms with E-state index in [1.165, 1.54) is 13.2 Å². The van der Waals surface area contributed by atoms with Gasteiger partial charge in [-0.25, -0.2) is 13.8 Å². The Kier molecular flexibility index (Phi) is 5.74. The van der Waals surface area contributed by atoms with Crippen LogP contribution in [0.15, 0.2) is 36.5 Å². The first-order valence-corrected chi connectivity index (χ1v) is 9.90. The van der Waals surface area contributed by atoms with E-state index < -0.39 is 17.7 Å². The highest BCUT2D eigenvalue weighted by molar-refractivity contribution is 6.32. The zero-order valence-corrected chi connectivity index (χ0v) is 17.4. The van der Waals surface area contributed by atoms with E-state index in [4.69, 9.17) is 21.1 Å². The number of aromatic amines is 1. The molecule has 1 saturated carbocycles. The van der Waals surface area contributed by atoms with Crippen LogP contribution in [0.1, 0.15) is 35.8 Å². The number of hydrogen-bond acceptors (Lipinski definition) is 4. The van der Waals surface area contributed by atoms with Gasteiger partial charge in [-0.15, -0.1) is 0 Å². The second-order valence-corrected chi connectivity index (χ2v) is 7.81. The zero-order chi connectivity index (χ0) is 23.1. The number of methoxy groups -OCH3 is 1. The molecule has 1 N–H and O–H groups in total. The van der Waals surface area contributed by atoms with Crippen molar-refractivity contribution < 1.29 is 31.4 Å². The molecule has 32 heavy (non-hydrogen) atoms. The van der Waals surface area contributed by atoms with E-state index >= 15 is 0 Å². The SMILES string of the molecule is COc1cc(OCc2ccc(C(F)(F)F)cn2)ccc1-c1nc(C2CC(F)(F)C2)[nH]c1Cl. The molecule has 5 nitrogen and oxygen atoms in total. The number of hydrogen-bond donors (Lipinski definition) is 1. The van der Waals surface area contributed by atoms with E-state index in [9.17, 15) is 22.0 Å². The average molecular weight is 474 g/mol. The molecule has 0 atom stereocenters. The van der Waals surface area contributed by atoms with Crippen molar-refractivity contribution in [1.29, 1.82) is 0 Å². The second kappa shape index (κ2) is 8.23. The van der Waals surface area contributed by atoms with Crippen molar-refractivity contribution in [3.05, 3.63) is 58.8 Å². The molecule has 0 unspecified atom stereocenters. The molecule has 1 aliphatic rings. The van der Waals surface area contributed by atoms with Crippen LogP contribution in [0.5, 0.6) is 11.5 Å². The number of rotatable bonds is 6. The van der Waals surface area contributed by atoms with Crippen LogP contribution in [0.2, 0.25) is 5.15 Å². The van der Waals surface area contributed by atoms with Crippen molar-refractivity contribution in [2.45, 2.75) is 37.5 Å². The number of nitrogens with zero attached hydrogens (tertiary/aromatic N) is 2. The third-order valence-electron chi connectivity index (χ3n) is 5.12. The molecule has 2 heterocycles. The average Bonchev–Trinajstić information content (AvgIpc) is 3.11. The second-order valence-electron chi connectivity index (χ2n) is 7.43. The Morgan fingerprint density at radius 3 is 2.53 bits per heavy atom. The third-order valence-corrected chi connectivity index (χ3v) is 5.40. The Hall–Kier alpha value is -2.88. The molecule has 0 aliphatic heterocycles. The zero-order valence-electron chi connectivity index (χ0n) is 16.6. The summed E-state index contributed by atoms with van der Waals surface area (Å²) < 4.78 is 75.2. The lowest BCUT2D eigenvalue weighted by atomic mass is 9.81. The summed E-state index contributed by atoms with van der Waals surface area (Å²) >= 11 is 6.25. The van der Waals surface area contributed by atoms with Crippen molar-refractivity contribution in [2.75, 3.05) is 7.11 Å². The van der Waals surface area contributed by atoms with Crippen LogP contribution < -0.4 is 9.47 Å². The molecular formula is C21H17ClF5N3O2. The molecule has 0 bridgehead atoms. The molecule has 0 amide bonds. The van der Waals surface area contributed by atoms with E-state index in [1.54, 1.807) is 18.2 Å². The van der Waals surface area contributed by atoms with Crippen molar-refractivity contribution in [2.24, 2.45) is 0 Å². The minimum Gasteiger partial charge on any atom is -0.496 e. The first-order valence-electron chi connectivity index (χ1n) is 9.52. The molecule has 0 spiro atoms. The minimum absolute atomic E-state index is 0.0517. The monoisotopic (exact) mass is 473 g/mol. The standard InChI is InChI=1S/C21H17ClF5N3O2/c1-31-16-6-14(32-10-13-3-2-12(9-28-13)21(25,26)27)4-5-15(16)17-18(22)30-19(29-17)11-7-20(23,24)8-11/h2-6,9,11H,7-8,10H2,1H3,(H,29,30). The van der Waals surface area contributed by atoms with E-state index in [-0.39, 0.29) is 30.5 Å². The van der Waals surface area contributed by atoms with Crippen molar-refractivity contribution >= 4 is 11.6 Å². The Balaban J connectivity index is 1.48. The van der Waals surface area contributed by atoms with Gasteiger partial charge in [-0.2, -0.15) is 13.2 Å². The lowest BCUT2D eigenvalue weighted by molar-refractivity contribution is -0.137. The van der Waals surface area contributed by atoms with Crippen LogP contribution in [-0.2, 0) is 12.8 Å². The van der Waals surface area contributed by atoms with Gasteiger partial charge in [0.25, 0.3) is 0 Å². The van der Waals surface area contributed by atoms with Crippen LogP contribution in [0.3, 0.4) is 0 Å². The largest absolute Gasteiger partial charge is 0.496 e. The summed E-state index contributed by atoms with van der Waals surface area (Å²) in [5.74, 6) is -1.91. The minimum atomic E-state index is -4.46. The fourth-order valence-electron chi connectivity index (χ4n) is 3.39. The highest BCUT2D eigenvalue weighted by Gasteiger charge is 2.47. The summed E-state index contributed by atoms with van der Waals surface area (Å²) in [6.07, 6.45) is -4.27. The quantitative estimate of drug-likeness (QED) is 0.430. The molecule has 2 aromatic heterocycles. The number of H-pyrrole nitrogens is 1. The highest BCUT2D eigenvalue weighted by Crippen LogP contribution is 2.48. The van der Waals surface area contributed by atoms with Crippen LogP contribution in [-0.4, -0.2) is 28.0 Å². The Morgan fingerprint density at radius 1 is 1.19 bits per heavy atom. The van der Waals surface area contributed by atoms with E-state index in [2.05, 4.69) is 15.0 Å². The molecule has 3 aromatic rings. The fourth-order valence-corrected chi connectivity index (χ4v) is 3.63. The maximum absolute atomic E-state index is 13.2. The molecule has 170 valence electrons. The number of ether oxygens (including phenoxy) is 2. The van der Waals surface area contributed by atoms with Crippen molar-refractivity contribution in [1.82, 2.24) is 15.0 Å². The van der Waals surface area contributed by atoms with Gasteiger partial charge in [-0.3, -0.25) is 4.98 Å². The van der Waals surface area contributed by atoms with Gasteiger partial charge in [0.2, 0.25) is 5.92 Å². The molecule has 1 fully saturated rings. The summed E-state index contributed by atoms with van der Waals surface area (Å²) in [5.41, 5.74) is 0.377. The van der Waals surface area contributed by atoms with Gasteiger partial charge in [0.1, 0.15) is 34.8 Å². The molecule has 0 saturated heterocycles. The van der Waals surface area contributed by atoms with E-state index in [0.717, 1.165) is 12.3 Å². The topological polar surface area (TPSA) is 60.0 Å². The van der Waals surface area contributed by atoms with Gasteiger partial charge in [-0.05, 0) is 24.3 Å². The number of imidazole rings is 1. The predicted octanol–water partition coefficient (Wildman–Crippen LogP) is 6.24. The van der Waals surface area contributed by atoms with Crippen molar-refractivity contribution in [3.63, 3.8) is 0 Å². The van der Waals surface area contributed by atoms with E-state index in [0.29, 0.717) is 34.3 Å². The van der Waals surface area contributed by atoms with Gasteiger partial charge >= 0.3 is 6.18 Å². The molecule has 1 aromatic carbocycles. The molecular weight excluding hydrogens is 457 g/mol. The normalized spacial score (nSPS) is 16.0. The summed E-state index contributed by atoms with van der Waals surface area (Å²) in [4.78, 5) is 11.0. The molecule has 4 rings (SSSR count). The number of benzene rings is 1. The lowest BCUT2D eigenvalue weighted by Crippen LogP contribution is -2.34. The Labute approximate surface area is 184 Å². The van der Waals surface area contributed by atoms with Gasteiger partial charge < -0.3 is 14.5 Å². The number of halogens is 6. The molecule has 1 aliphatic carbocycles. The number of aromatic nitrogens is 3. The number of alkyl halides is 5. The fraction of sp³-hybridized carbons (Fsp3) is 0.333. The summed E-state index contributed by atoms with van der Waals surface area (Å²) in [6, 6.07) is 7.01. The Morgan fingerprint density at radius 2 is 1.94 bits per heavy atom. The lowest BCUT2D eigenvalue weighted by Gasteiger charge is -2.33. The number of nitrogens with one attached hydrogen (secondary N) is 1. The first-order chi connectivity index (χ1) is 15.1. The van der Waals surface area contributed by atoms with Gasteiger partial charge in [0, 0.05) is 36.6 Å². The molecule has 11 heteroatoms. The third kappa shape index (κ3) is 4.64. The van der Waals surface area contributed by atoms with Crippen LogP contribution in [0.4, 0.5) is 22.0 Å². The first kappa shape index (κ1) is 22.3. The van der Waals surface area contributed by atoms with Crippen LogP contribution in [0.25, 0.3) is 11.3 Å². The maximum Gasteiger partial charge on any atom is 0.417 e. The predicted molar refractivity (Wildman–Crippen MR) is 106 cm³/mol. The van der Waals surface area contributed by atoms with Gasteiger partial charge in [-0.1, -0.05) is 11.6 Å². The van der Waals surface area contributed by atoms with Gasteiger partial charge in [0.05, 0.1) is 18.4 Å². The summed E-state index contributed by atoms with van der Waals surface area (Å²) in [6.45, 7) is -0.0517. The van der Waals surface area contributed by atoms with Crippen LogP contribution >= 0.6 is 11.6 Å². The summed E-state index contributed by atoms with van der Waals surface area (Å²) in [7, 11) is 1.44.